The van der Waals surface area contributed by atoms with Gasteiger partial charge in [-0.15, -0.1) is 0 Å². The second-order valence-electron chi connectivity index (χ2n) is 2.55. The molecule has 0 aliphatic carbocycles. The maximum atomic E-state index is 12.9. The average Bonchev–Trinajstić information content (AvgIpc) is 2.15. The lowest BCUT2D eigenvalue weighted by atomic mass is 10.2. The predicted molar refractivity (Wildman–Crippen MR) is 46.0 cm³/mol. The van der Waals surface area contributed by atoms with Gasteiger partial charge in [0.1, 0.15) is 5.56 Å². The molecule has 0 spiro atoms. The van der Waals surface area contributed by atoms with Gasteiger partial charge in [-0.05, 0) is 11.6 Å². The van der Waals surface area contributed by atoms with Crippen LogP contribution in [0.15, 0.2) is 6.20 Å². The van der Waals surface area contributed by atoms with Gasteiger partial charge in [0.05, 0.1) is 11.1 Å². The number of alkyl halides is 2. The van der Waals surface area contributed by atoms with E-state index in [1.54, 1.807) is 0 Å². The van der Waals surface area contributed by atoms with Crippen LogP contribution in [0.3, 0.4) is 0 Å². The normalized spacial score (nSPS) is 10.6. The maximum Gasteiger partial charge on any atom is 0.311 e. The Morgan fingerprint density at radius 2 is 2.12 bits per heavy atom. The van der Waals surface area contributed by atoms with Crippen molar-refractivity contribution in [2.45, 2.75) is 6.43 Å². The van der Waals surface area contributed by atoms with Crippen LogP contribution in [-0.4, -0.2) is 15.1 Å². The zero-order valence-electron chi connectivity index (χ0n) is 7.29. The maximum absolute atomic E-state index is 12.9. The van der Waals surface area contributed by atoms with Gasteiger partial charge in [0.25, 0.3) is 11.7 Å². The van der Waals surface area contributed by atoms with Crippen molar-refractivity contribution in [3.05, 3.63) is 33.4 Å². The van der Waals surface area contributed by atoms with Crippen molar-refractivity contribution >= 4 is 22.5 Å². The number of nitrogens with zero attached hydrogens (tertiary/aromatic N) is 2. The first-order valence-corrected chi connectivity index (χ1v) is 4.04. The van der Waals surface area contributed by atoms with E-state index in [1.165, 1.54) is 0 Å². The summed E-state index contributed by atoms with van der Waals surface area (Å²) < 4.78 is 37.6. The number of nitro groups is 1. The summed E-state index contributed by atoms with van der Waals surface area (Å²) >= 11 is 4.91. The largest absolute Gasteiger partial charge is 0.311 e. The van der Waals surface area contributed by atoms with Crippen molar-refractivity contribution in [3.8, 4) is 0 Å². The Morgan fingerprint density at radius 1 is 1.56 bits per heavy atom. The van der Waals surface area contributed by atoms with Crippen LogP contribution in [0.5, 0.6) is 0 Å². The Hall–Kier alpha value is -1.70. The molecule has 0 radical (unpaired) electrons. The van der Waals surface area contributed by atoms with E-state index in [4.69, 9.17) is 11.6 Å². The van der Waals surface area contributed by atoms with Gasteiger partial charge in [-0.3, -0.25) is 14.9 Å². The number of carbonyl (C=O) groups is 1. The Labute approximate surface area is 91.0 Å². The van der Waals surface area contributed by atoms with Gasteiger partial charge in [-0.1, -0.05) is 0 Å². The van der Waals surface area contributed by atoms with Gasteiger partial charge < -0.3 is 0 Å². The molecule has 0 N–H and O–H groups in total. The molecule has 0 bridgehead atoms. The highest BCUT2D eigenvalue weighted by Gasteiger charge is 2.33. The van der Waals surface area contributed by atoms with Crippen LogP contribution in [0.2, 0.25) is 0 Å². The highest BCUT2D eigenvalue weighted by molar-refractivity contribution is 6.67. The minimum absolute atomic E-state index is 0.282. The molecule has 1 aromatic heterocycles. The van der Waals surface area contributed by atoms with Crippen molar-refractivity contribution in [2.24, 2.45) is 0 Å². The van der Waals surface area contributed by atoms with Crippen LogP contribution in [0.4, 0.5) is 18.9 Å². The summed E-state index contributed by atoms with van der Waals surface area (Å²) in [5.41, 5.74) is -3.91. The highest BCUT2D eigenvalue weighted by atomic mass is 35.5. The fourth-order valence-electron chi connectivity index (χ4n) is 1.03. The molecule has 16 heavy (non-hydrogen) atoms. The summed E-state index contributed by atoms with van der Waals surface area (Å²) in [6, 6.07) is 0. The van der Waals surface area contributed by atoms with E-state index in [0.717, 1.165) is 0 Å². The molecule has 5 nitrogen and oxygen atoms in total. The SMILES string of the molecule is O=C(Cl)c1ncc(F)c(C(F)F)c1[N+](=O)[O-]. The predicted octanol–water partition coefficient (Wildman–Crippen LogP) is 2.45. The van der Waals surface area contributed by atoms with Gasteiger partial charge in [-0.2, -0.15) is 0 Å². The van der Waals surface area contributed by atoms with Crippen LogP contribution in [-0.2, 0) is 0 Å². The topological polar surface area (TPSA) is 73.1 Å². The van der Waals surface area contributed by atoms with E-state index in [1.807, 2.05) is 0 Å². The van der Waals surface area contributed by atoms with Crippen LogP contribution in [0.25, 0.3) is 0 Å². The molecule has 1 rings (SSSR count). The van der Waals surface area contributed by atoms with Gasteiger partial charge in [-0.25, -0.2) is 18.2 Å². The van der Waals surface area contributed by atoms with Crippen molar-refractivity contribution in [1.29, 1.82) is 0 Å². The summed E-state index contributed by atoms with van der Waals surface area (Å²) in [5, 5.41) is 9.05. The summed E-state index contributed by atoms with van der Waals surface area (Å²) in [4.78, 5) is 22.8. The Balaban J connectivity index is 3.63. The monoisotopic (exact) mass is 254 g/mol. The van der Waals surface area contributed by atoms with Gasteiger partial charge in [0.2, 0.25) is 5.69 Å². The highest BCUT2D eigenvalue weighted by Crippen LogP contribution is 2.33. The fourth-order valence-corrected chi connectivity index (χ4v) is 1.17. The van der Waals surface area contributed by atoms with Crippen molar-refractivity contribution in [1.82, 2.24) is 4.98 Å². The van der Waals surface area contributed by atoms with E-state index in [0.29, 0.717) is 0 Å². The van der Waals surface area contributed by atoms with Crippen LogP contribution >= 0.6 is 11.6 Å². The lowest BCUT2D eigenvalue weighted by molar-refractivity contribution is -0.387. The first-order valence-electron chi connectivity index (χ1n) is 3.67. The third-order valence-corrected chi connectivity index (χ3v) is 1.81. The summed E-state index contributed by atoms with van der Waals surface area (Å²) in [6.45, 7) is 0. The summed E-state index contributed by atoms with van der Waals surface area (Å²) in [5.74, 6) is -1.57. The second kappa shape index (κ2) is 4.44. The zero-order chi connectivity index (χ0) is 12.5. The lowest BCUT2D eigenvalue weighted by Gasteiger charge is -2.04. The number of aromatic nitrogens is 1. The number of halogens is 4. The van der Waals surface area contributed by atoms with Crippen LogP contribution < -0.4 is 0 Å². The molecule has 0 aliphatic heterocycles. The van der Waals surface area contributed by atoms with Crippen LogP contribution in [0.1, 0.15) is 22.5 Å². The molecule has 0 amide bonds. The molecular weight excluding hydrogens is 253 g/mol. The van der Waals surface area contributed by atoms with Crippen molar-refractivity contribution in [2.75, 3.05) is 0 Å². The average molecular weight is 255 g/mol. The van der Waals surface area contributed by atoms with Crippen LogP contribution in [0, 0.1) is 15.9 Å². The molecular formula is C7H2ClF3N2O3. The molecule has 0 unspecified atom stereocenters. The van der Waals surface area contributed by atoms with Gasteiger partial charge in [0, 0.05) is 0 Å². The standard InChI is InChI=1S/C7H2ClF3N2O3/c8-6(14)4-5(13(15)16)3(7(10)11)2(9)1-12-4/h1,7H. The second-order valence-corrected chi connectivity index (χ2v) is 2.89. The molecule has 9 heteroatoms. The number of rotatable bonds is 3. The Kier molecular flexibility index (Phi) is 3.43. The third kappa shape index (κ3) is 2.11. The lowest BCUT2D eigenvalue weighted by Crippen LogP contribution is -2.08. The summed E-state index contributed by atoms with van der Waals surface area (Å²) in [6.07, 6.45) is -3.16. The minimum Gasteiger partial charge on any atom is -0.274 e. The summed E-state index contributed by atoms with van der Waals surface area (Å²) in [7, 11) is 0. The van der Waals surface area contributed by atoms with Crippen molar-refractivity contribution in [3.63, 3.8) is 0 Å². The number of hydrogen-bond donors (Lipinski definition) is 0. The van der Waals surface area contributed by atoms with E-state index in [-0.39, 0.29) is 6.20 Å². The molecule has 0 saturated heterocycles. The van der Waals surface area contributed by atoms with E-state index in [9.17, 15) is 28.1 Å². The zero-order valence-corrected chi connectivity index (χ0v) is 8.04. The molecule has 0 saturated carbocycles. The molecule has 0 aromatic carbocycles. The molecule has 1 heterocycles. The number of pyridine rings is 1. The Bertz CT molecular complexity index is 466. The van der Waals surface area contributed by atoms with E-state index < -0.39 is 39.4 Å². The van der Waals surface area contributed by atoms with Gasteiger partial charge >= 0.3 is 5.69 Å². The first kappa shape index (κ1) is 12.4. The van der Waals surface area contributed by atoms with E-state index in [2.05, 4.69) is 4.98 Å². The quantitative estimate of drug-likeness (QED) is 0.472. The smallest absolute Gasteiger partial charge is 0.274 e. The van der Waals surface area contributed by atoms with Crippen molar-refractivity contribution < 1.29 is 22.9 Å². The minimum atomic E-state index is -3.45. The molecule has 1 aromatic rings. The third-order valence-electron chi connectivity index (χ3n) is 1.63. The molecule has 0 aliphatic rings. The molecule has 86 valence electrons. The Morgan fingerprint density at radius 3 is 2.50 bits per heavy atom. The first-order chi connectivity index (χ1) is 7.36. The number of hydrogen-bond acceptors (Lipinski definition) is 4. The molecule has 0 fully saturated rings. The molecule has 0 atom stereocenters. The van der Waals surface area contributed by atoms with Gasteiger partial charge in [0.15, 0.2) is 5.82 Å². The van der Waals surface area contributed by atoms with E-state index >= 15 is 0 Å². The fraction of sp³-hybridized carbons (Fsp3) is 0.143. The number of carbonyl (C=O) groups excluding carboxylic acids is 1.